The van der Waals surface area contributed by atoms with Crippen molar-refractivity contribution in [3.8, 4) is 0 Å². The SMILES string of the molecule is O=CC=CC=Cc1ccc(Br)cc1. The molecule has 0 N–H and O–H groups in total. The van der Waals surface area contributed by atoms with Crippen LogP contribution in [0.5, 0.6) is 0 Å². The summed E-state index contributed by atoms with van der Waals surface area (Å²) in [4.78, 5) is 9.93. The Labute approximate surface area is 85.9 Å². The molecule has 0 heterocycles. The van der Waals surface area contributed by atoms with Gasteiger partial charge in [0.1, 0.15) is 6.29 Å². The van der Waals surface area contributed by atoms with Crippen LogP contribution in [0.25, 0.3) is 6.08 Å². The lowest BCUT2D eigenvalue weighted by Gasteiger charge is -1.91. The van der Waals surface area contributed by atoms with E-state index in [1.54, 1.807) is 6.08 Å². The fourth-order valence-electron chi connectivity index (χ4n) is 0.850. The highest BCUT2D eigenvalue weighted by Gasteiger charge is 1.85. The maximum atomic E-state index is 9.93. The summed E-state index contributed by atoms with van der Waals surface area (Å²) in [6.45, 7) is 0. The van der Waals surface area contributed by atoms with Gasteiger partial charge in [-0.1, -0.05) is 46.3 Å². The Morgan fingerprint density at radius 1 is 1.00 bits per heavy atom. The molecule has 0 spiro atoms. The fraction of sp³-hybridized carbons (Fsp3) is 0. The molecule has 1 aromatic rings. The number of hydrogen-bond donors (Lipinski definition) is 0. The molecular formula is C11H9BrO. The van der Waals surface area contributed by atoms with Crippen molar-refractivity contribution in [2.45, 2.75) is 0 Å². The van der Waals surface area contributed by atoms with Crippen LogP contribution in [0.2, 0.25) is 0 Å². The quantitative estimate of drug-likeness (QED) is 0.448. The molecule has 1 aromatic carbocycles. The molecule has 0 unspecified atom stereocenters. The van der Waals surface area contributed by atoms with Gasteiger partial charge in [-0.3, -0.25) is 4.79 Å². The van der Waals surface area contributed by atoms with E-state index < -0.39 is 0 Å². The summed E-state index contributed by atoms with van der Waals surface area (Å²) >= 11 is 3.35. The minimum absolute atomic E-state index is 0.756. The Bertz CT molecular complexity index is 322. The summed E-state index contributed by atoms with van der Waals surface area (Å²) in [6, 6.07) is 7.94. The van der Waals surface area contributed by atoms with Crippen molar-refractivity contribution in [3.05, 3.63) is 52.5 Å². The number of aldehydes is 1. The topological polar surface area (TPSA) is 17.1 Å². The van der Waals surface area contributed by atoms with Gasteiger partial charge in [-0.25, -0.2) is 0 Å². The fourth-order valence-corrected chi connectivity index (χ4v) is 1.11. The van der Waals surface area contributed by atoms with Crippen molar-refractivity contribution in [3.63, 3.8) is 0 Å². The smallest absolute Gasteiger partial charge is 0.142 e. The monoisotopic (exact) mass is 236 g/mol. The molecule has 0 bridgehead atoms. The van der Waals surface area contributed by atoms with Crippen LogP contribution in [0, 0.1) is 0 Å². The lowest BCUT2D eigenvalue weighted by atomic mass is 10.2. The lowest BCUT2D eigenvalue weighted by Crippen LogP contribution is -1.69. The van der Waals surface area contributed by atoms with Crippen LogP contribution in [-0.2, 0) is 4.79 Å². The van der Waals surface area contributed by atoms with Crippen LogP contribution in [0.1, 0.15) is 5.56 Å². The second-order valence-corrected chi connectivity index (χ2v) is 3.35. The molecule has 0 saturated carbocycles. The van der Waals surface area contributed by atoms with Crippen LogP contribution in [0.15, 0.2) is 47.0 Å². The van der Waals surface area contributed by atoms with Crippen LogP contribution in [0.4, 0.5) is 0 Å². The number of allylic oxidation sites excluding steroid dienone is 3. The molecule has 0 radical (unpaired) electrons. The summed E-state index contributed by atoms with van der Waals surface area (Å²) in [7, 11) is 0. The Balaban J connectivity index is 2.64. The van der Waals surface area contributed by atoms with Gasteiger partial charge in [0.05, 0.1) is 0 Å². The van der Waals surface area contributed by atoms with Gasteiger partial charge in [-0.15, -0.1) is 0 Å². The number of halogens is 1. The summed E-state index contributed by atoms with van der Waals surface area (Å²) in [6.07, 6.45) is 7.68. The number of hydrogen-bond acceptors (Lipinski definition) is 1. The molecule has 0 saturated heterocycles. The van der Waals surface area contributed by atoms with E-state index in [9.17, 15) is 4.79 Å². The Hall–Kier alpha value is -1.15. The molecule has 13 heavy (non-hydrogen) atoms. The first-order valence-corrected chi connectivity index (χ1v) is 4.66. The van der Waals surface area contributed by atoms with Crippen molar-refractivity contribution < 1.29 is 4.79 Å². The molecule has 0 atom stereocenters. The molecule has 0 aromatic heterocycles. The van der Waals surface area contributed by atoms with Crippen molar-refractivity contribution >= 4 is 28.3 Å². The Morgan fingerprint density at radius 3 is 2.31 bits per heavy atom. The number of rotatable bonds is 3. The molecule has 0 amide bonds. The van der Waals surface area contributed by atoms with Gasteiger partial charge in [-0.2, -0.15) is 0 Å². The minimum Gasteiger partial charge on any atom is -0.299 e. The Morgan fingerprint density at radius 2 is 1.69 bits per heavy atom. The van der Waals surface area contributed by atoms with E-state index in [1.807, 2.05) is 36.4 Å². The van der Waals surface area contributed by atoms with E-state index in [0.29, 0.717) is 0 Å². The van der Waals surface area contributed by atoms with Gasteiger partial charge in [0.2, 0.25) is 0 Å². The molecule has 0 fully saturated rings. The van der Waals surface area contributed by atoms with Crippen LogP contribution >= 0.6 is 15.9 Å². The van der Waals surface area contributed by atoms with E-state index in [2.05, 4.69) is 15.9 Å². The highest BCUT2D eigenvalue weighted by atomic mass is 79.9. The molecule has 2 heteroatoms. The minimum atomic E-state index is 0.756. The van der Waals surface area contributed by atoms with Crippen molar-refractivity contribution in [2.24, 2.45) is 0 Å². The molecular weight excluding hydrogens is 228 g/mol. The van der Waals surface area contributed by atoms with E-state index in [1.165, 1.54) is 6.08 Å². The highest BCUT2D eigenvalue weighted by molar-refractivity contribution is 9.10. The van der Waals surface area contributed by atoms with E-state index in [-0.39, 0.29) is 0 Å². The zero-order valence-electron chi connectivity index (χ0n) is 6.98. The van der Waals surface area contributed by atoms with Crippen LogP contribution < -0.4 is 0 Å². The average Bonchev–Trinajstić information content (AvgIpc) is 2.15. The van der Waals surface area contributed by atoms with Gasteiger partial charge in [0, 0.05) is 4.47 Å². The lowest BCUT2D eigenvalue weighted by molar-refractivity contribution is -0.104. The normalized spacial score (nSPS) is 11.2. The average molecular weight is 237 g/mol. The molecule has 66 valence electrons. The predicted octanol–water partition coefficient (Wildman–Crippen LogP) is 3.22. The number of carbonyl (C=O) groups is 1. The highest BCUT2D eigenvalue weighted by Crippen LogP contribution is 2.11. The summed E-state index contributed by atoms with van der Waals surface area (Å²) in [5.74, 6) is 0. The summed E-state index contributed by atoms with van der Waals surface area (Å²) in [5.41, 5.74) is 1.11. The zero-order valence-corrected chi connectivity index (χ0v) is 8.57. The molecule has 1 rings (SSSR count). The first-order chi connectivity index (χ1) is 6.33. The summed E-state index contributed by atoms with van der Waals surface area (Å²) < 4.78 is 1.06. The van der Waals surface area contributed by atoms with E-state index in [4.69, 9.17) is 0 Å². The van der Waals surface area contributed by atoms with E-state index >= 15 is 0 Å². The number of benzene rings is 1. The zero-order chi connectivity index (χ0) is 9.52. The second-order valence-electron chi connectivity index (χ2n) is 2.43. The van der Waals surface area contributed by atoms with Crippen molar-refractivity contribution in [1.29, 1.82) is 0 Å². The third kappa shape index (κ3) is 3.85. The summed E-state index contributed by atoms with van der Waals surface area (Å²) in [5, 5.41) is 0. The third-order valence-corrected chi connectivity index (χ3v) is 1.99. The van der Waals surface area contributed by atoms with Crippen molar-refractivity contribution in [2.75, 3.05) is 0 Å². The second kappa shape index (κ2) is 5.49. The predicted molar refractivity (Wildman–Crippen MR) is 58.4 cm³/mol. The van der Waals surface area contributed by atoms with Crippen LogP contribution in [0.3, 0.4) is 0 Å². The largest absolute Gasteiger partial charge is 0.299 e. The third-order valence-electron chi connectivity index (χ3n) is 1.46. The molecule has 1 nitrogen and oxygen atoms in total. The van der Waals surface area contributed by atoms with Crippen LogP contribution in [-0.4, -0.2) is 6.29 Å². The van der Waals surface area contributed by atoms with Gasteiger partial charge in [-0.05, 0) is 23.8 Å². The van der Waals surface area contributed by atoms with Gasteiger partial charge in [0.15, 0.2) is 0 Å². The van der Waals surface area contributed by atoms with E-state index in [0.717, 1.165) is 16.3 Å². The van der Waals surface area contributed by atoms with Crippen molar-refractivity contribution in [1.82, 2.24) is 0 Å². The number of carbonyl (C=O) groups excluding carboxylic acids is 1. The van der Waals surface area contributed by atoms with Gasteiger partial charge < -0.3 is 0 Å². The first-order valence-electron chi connectivity index (χ1n) is 3.87. The molecule has 0 aliphatic heterocycles. The Kier molecular flexibility index (Phi) is 4.19. The van der Waals surface area contributed by atoms with Gasteiger partial charge in [0.25, 0.3) is 0 Å². The maximum Gasteiger partial charge on any atom is 0.142 e. The molecule has 0 aliphatic rings. The maximum absolute atomic E-state index is 9.93. The first kappa shape index (κ1) is 9.93. The molecule has 0 aliphatic carbocycles. The van der Waals surface area contributed by atoms with Gasteiger partial charge >= 0.3 is 0 Å². The standard InChI is InChI=1S/C11H9BrO/c12-11-7-5-10(6-8-11)4-2-1-3-9-13/h1-9H.